The molecule has 1 aliphatic rings. The third-order valence-corrected chi connectivity index (χ3v) is 4.04. The summed E-state index contributed by atoms with van der Waals surface area (Å²) >= 11 is 5.98. The molecule has 118 valence electrons. The van der Waals surface area contributed by atoms with Gasteiger partial charge < -0.3 is 10.1 Å². The highest BCUT2D eigenvalue weighted by atomic mass is 35.5. The van der Waals surface area contributed by atoms with Crippen molar-refractivity contribution in [2.75, 3.05) is 11.9 Å². The van der Waals surface area contributed by atoms with Crippen LogP contribution in [0.4, 0.5) is 14.5 Å². The van der Waals surface area contributed by atoms with Gasteiger partial charge in [0.1, 0.15) is 12.2 Å². The zero-order chi connectivity index (χ0) is 16.4. The predicted octanol–water partition coefficient (Wildman–Crippen LogP) is 4.43. The van der Waals surface area contributed by atoms with E-state index in [1.165, 1.54) is 6.07 Å². The first kappa shape index (κ1) is 15.7. The summed E-state index contributed by atoms with van der Waals surface area (Å²) in [4.78, 5) is 0. The van der Waals surface area contributed by atoms with E-state index in [4.69, 9.17) is 16.3 Å². The molecule has 1 fully saturated rings. The van der Waals surface area contributed by atoms with Gasteiger partial charge in [-0.1, -0.05) is 17.7 Å². The molecule has 3 rings (SSSR count). The van der Waals surface area contributed by atoms with Crippen molar-refractivity contribution in [1.82, 2.24) is 0 Å². The van der Waals surface area contributed by atoms with Gasteiger partial charge in [0.25, 0.3) is 0 Å². The van der Waals surface area contributed by atoms with Crippen molar-refractivity contribution < 1.29 is 13.5 Å². The summed E-state index contributed by atoms with van der Waals surface area (Å²) < 4.78 is 32.2. The van der Waals surface area contributed by atoms with Gasteiger partial charge in [0.2, 0.25) is 0 Å². The fourth-order valence-electron chi connectivity index (χ4n) is 2.69. The van der Waals surface area contributed by atoms with Gasteiger partial charge in [-0.3, -0.25) is 0 Å². The van der Waals surface area contributed by atoms with Crippen molar-refractivity contribution in [3.63, 3.8) is 0 Å². The Morgan fingerprint density at radius 1 is 1.17 bits per heavy atom. The molecule has 1 aliphatic heterocycles. The van der Waals surface area contributed by atoms with Gasteiger partial charge in [0, 0.05) is 11.6 Å². The maximum Gasteiger partial charge on any atom is 0.159 e. The molecular weight excluding hydrogens is 322 g/mol. The van der Waals surface area contributed by atoms with Crippen LogP contribution in [0.25, 0.3) is 0 Å². The van der Waals surface area contributed by atoms with Crippen LogP contribution >= 0.6 is 11.6 Å². The molecule has 1 N–H and O–H groups in total. The molecular formula is C17H13ClF2N2O. The Balaban J connectivity index is 1.86. The van der Waals surface area contributed by atoms with Gasteiger partial charge in [-0.05, 0) is 42.3 Å². The van der Waals surface area contributed by atoms with Crippen LogP contribution in [0.1, 0.15) is 23.7 Å². The summed E-state index contributed by atoms with van der Waals surface area (Å²) in [7, 11) is 0. The van der Waals surface area contributed by atoms with Crippen molar-refractivity contribution in [3.8, 4) is 6.07 Å². The Kier molecular flexibility index (Phi) is 4.46. The minimum atomic E-state index is -0.905. The third-order valence-electron chi connectivity index (χ3n) is 3.81. The van der Waals surface area contributed by atoms with E-state index in [-0.39, 0.29) is 6.04 Å². The second-order valence-electron chi connectivity index (χ2n) is 5.31. The number of nitrogens with zero attached hydrogens (tertiary/aromatic N) is 1. The van der Waals surface area contributed by atoms with Crippen LogP contribution in [0.15, 0.2) is 36.4 Å². The Labute approximate surface area is 137 Å². The van der Waals surface area contributed by atoms with E-state index in [1.807, 2.05) is 0 Å². The van der Waals surface area contributed by atoms with Gasteiger partial charge in [0.15, 0.2) is 11.6 Å². The van der Waals surface area contributed by atoms with Crippen molar-refractivity contribution in [2.45, 2.75) is 18.6 Å². The monoisotopic (exact) mass is 334 g/mol. The van der Waals surface area contributed by atoms with Gasteiger partial charge in [-0.2, -0.15) is 5.26 Å². The Hall–Kier alpha value is -2.16. The molecule has 23 heavy (non-hydrogen) atoms. The summed E-state index contributed by atoms with van der Waals surface area (Å²) in [5.41, 5.74) is 1.62. The molecule has 0 saturated carbocycles. The van der Waals surface area contributed by atoms with Crippen molar-refractivity contribution in [3.05, 3.63) is 64.2 Å². The summed E-state index contributed by atoms with van der Waals surface area (Å²) in [6, 6.07) is 10.6. The zero-order valence-electron chi connectivity index (χ0n) is 12.0. The second-order valence-corrected chi connectivity index (χ2v) is 5.74. The summed E-state index contributed by atoms with van der Waals surface area (Å²) in [5.74, 6) is -1.80. The second kappa shape index (κ2) is 6.53. The molecule has 0 radical (unpaired) electrons. The topological polar surface area (TPSA) is 45.0 Å². The minimum absolute atomic E-state index is 0.162. The third kappa shape index (κ3) is 3.29. The van der Waals surface area contributed by atoms with Gasteiger partial charge in [0.05, 0.1) is 17.3 Å². The molecule has 2 aromatic carbocycles. The number of nitrogens with one attached hydrogen (secondary N) is 1. The molecule has 2 atom stereocenters. The van der Waals surface area contributed by atoms with Crippen LogP contribution in [0.2, 0.25) is 5.02 Å². The average Bonchev–Trinajstić information content (AvgIpc) is 2.98. The average molecular weight is 335 g/mol. The maximum absolute atomic E-state index is 13.4. The molecule has 3 nitrogen and oxygen atoms in total. The van der Waals surface area contributed by atoms with E-state index in [0.717, 1.165) is 12.1 Å². The molecule has 0 aromatic heterocycles. The van der Waals surface area contributed by atoms with Crippen molar-refractivity contribution >= 4 is 17.3 Å². The zero-order valence-corrected chi connectivity index (χ0v) is 12.8. The molecule has 2 unspecified atom stereocenters. The number of benzene rings is 2. The van der Waals surface area contributed by atoms with Crippen LogP contribution in [0.3, 0.4) is 0 Å². The van der Waals surface area contributed by atoms with Crippen LogP contribution in [0, 0.1) is 23.0 Å². The maximum atomic E-state index is 13.4. The largest absolute Gasteiger partial charge is 0.378 e. The lowest BCUT2D eigenvalue weighted by Gasteiger charge is -2.22. The van der Waals surface area contributed by atoms with E-state index in [2.05, 4.69) is 11.4 Å². The van der Waals surface area contributed by atoms with Crippen LogP contribution in [-0.2, 0) is 4.74 Å². The molecule has 1 saturated heterocycles. The highest BCUT2D eigenvalue weighted by Gasteiger charge is 2.30. The lowest BCUT2D eigenvalue weighted by molar-refractivity contribution is 0.107. The SMILES string of the molecule is N#Cc1ccc(Cl)cc1NC1CCOC1c1ccc(F)c(F)c1. The molecule has 2 aromatic rings. The van der Waals surface area contributed by atoms with Crippen molar-refractivity contribution in [1.29, 1.82) is 5.26 Å². The van der Waals surface area contributed by atoms with Gasteiger partial charge in [-0.25, -0.2) is 8.78 Å². The highest BCUT2D eigenvalue weighted by Crippen LogP contribution is 2.33. The fourth-order valence-corrected chi connectivity index (χ4v) is 2.86. The van der Waals surface area contributed by atoms with Crippen LogP contribution in [0.5, 0.6) is 0 Å². The number of ether oxygens (including phenoxy) is 1. The fraction of sp³-hybridized carbons (Fsp3) is 0.235. The molecule has 1 heterocycles. The molecule has 6 heteroatoms. The van der Waals surface area contributed by atoms with Crippen LogP contribution < -0.4 is 5.32 Å². The molecule has 0 aliphatic carbocycles. The Bertz CT molecular complexity index is 776. The first-order chi connectivity index (χ1) is 11.1. The van der Waals surface area contributed by atoms with E-state index in [9.17, 15) is 14.0 Å². The normalized spacial score (nSPS) is 20.3. The minimum Gasteiger partial charge on any atom is -0.378 e. The highest BCUT2D eigenvalue weighted by molar-refractivity contribution is 6.30. The molecule has 0 spiro atoms. The number of rotatable bonds is 3. The lowest BCUT2D eigenvalue weighted by Crippen LogP contribution is -2.23. The Morgan fingerprint density at radius 2 is 2.00 bits per heavy atom. The van der Waals surface area contributed by atoms with E-state index >= 15 is 0 Å². The quantitative estimate of drug-likeness (QED) is 0.903. The Morgan fingerprint density at radius 3 is 2.74 bits per heavy atom. The number of nitriles is 1. The van der Waals surface area contributed by atoms with E-state index in [1.54, 1.807) is 18.2 Å². The van der Waals surface area contributed by atoms with Crippen molar-refractivity contribution in [2.24, 2.45) is 0 Å². The molecule has 0 bridgehead atoms. The summed E-state index contributed by atoms with van der Waals surface area (Å²) in [6.07, 6.45) is 0.261. The first-order valence-electron chi connectivity index (χ1n) is 7.11. The lowest BCUT2D eigenvalue weighted by atomic mass is 10.0. The number of anilines is 1. The van der Waals surface area contributed by atoms with Gasteiger partial charge in [-0.15, -0.1) is 0 Å². The van der Waals surface area contributed by atoms with Gasteiger partial charge >= 0.3 is 0 Å². The van der Waals surface area contributed by atoms with Crippen LogP contribution in [-0.4, -0.2) is 12.6 Å². The van der Waals surface area contributed by atoms with E-state index < -0.39 is 17.7 Å². The predicted molar refractivity (Wildman–Crippen MR) is 83.2 cm³/mol. The summed E-state index contributed by atoms with van der Waals surface area (Å²) in [5, 5.41) is 12.9. The number of halogens is 3. The number of hydrogen-bond acceptors (Lipinski definition) is 3. The first-order valence-corrected chi connectivity index (χ1v) is 7.49. The van der Waals surface area contributed by atoms with E-state index in [0.29, 0.717) is 34.9 Å². The molecule has 0 amide bonds. The standard InChI is InChI=1S/C17H13ClF2N2O/c18-12-3-1-11(9-21)16(8-12)22-15-5-6-23-17(15)10-2-4-13(19)14(20)7-10/h1-4,7-8,15,17,22H,5-6H2. The smallest absolute Gasteiger partial charge is 0.159 e. The number of hydrogen-bond donors (Lipinski definition) is 1. The summed E-state index contributed by atoms with van der Waals surface area (Å²) in [6.45, 7) is 0.490.